The van der Waals surface area contributed by atoms with Crippen molar-refractivity contribution in [1.82, 2.24) is 10.9 Å². The van der Waals surface area contributed by atoms with Crippen LogP contribution in [0.2, 0.25) is 0 Å². The Balaban J connectivity index is 1.99. The first-order valence-electron chi connectivity index (χ1n) is 9.07. The molecule has 0 saturated heterocycles. The average molecular weight is 370 g/mol. The van der Waals surface area contributed by atoms with Crippen LogP contribution in [0.5, 0.6) is 0 Å². The second-order valence-electron chi connectivity index (χ2n) is 6.28. The summed E-state index contributed by atoms with van der Waals surface area (Å²) in [5, 5.41) is 3.58. The van der Waals surface area contributed by atoms with Crippen LogP contribution in [0, 0.1) is 6.92 Å². The van der Waals surface area contributed by atoms with E-state index in [2.05, 4.69) is 36.1 Å². The highest BCUT2D eigenvalue weighted by Crippen LogP contribution is 2.22. The Kier molecular flexibility index (Phi) is 7.60. The summed E-state index contributed by atoms with van der Waals surface area (Å²) in [7, 11) is 0. The third kappa shape index (κ3) is 5.30. The summed E-state index contributed by atoms with van der Waals surface area (Å²) in [6.07, 6.45) is 2.62. The molecule has 26 heavy (non-hydrogen) atoms. The van der Waals surface area contributed by atoms with Crippen LogP contribution >= 0.6 is 12.2 Å². The highest BCUT2D eigenvalue weighted by atomic mass is 32.1. The molecule has 0 heterocycles. The average Bonchev–Trinajstić information content (AvgIpc) is 2.66. The summed E-state index contributed by atoms with van der Waals surface area (Å²) in [5.74, 6) is -0.274. The molecule has 138 valence electrons. The maximum absolute atomic E-state index is 12.6. The van der Waals surface area contributed by atoms with Gasteiger partial charge in [0.25, 0.3) is 0 Å². The third-order valence-corrected chi connectivity index (χ3v) is 4.58. The molecule has 0 bridgehead atoms. The van der Waals surface area contributed by atoms with Gasteiger partial charge in [-0.1, -0.05) is 68.8 Å². The largest absolute Gasteiger partial charge is 0.331 e. The summed E-state index contributed by atoms with van der Waals surface area (Å²) < 4.78 is 0. The van der Waals surface area contributed by atoms with E-state index < -0.39 is 0 Å². The first kappa shape index (κ1) is 19.9. The second kappa shape index (κ2) is 9.92. The van der Waals surface area contributed by atoms with Crippen LogP contribution in [0.3, 0.4) is 0 Å². The highest BCUT2D eigenvalue weighted by Gasteiger charge is 2.19. The van der Waals surface area contributed by atoms with E-state index in [-0.39, 0.29) is 11.8 Å². The lowest BCUT2D eigenvalue weighted by Gasteiger charge is -2.19. The molecule has 0 aliphatic carbocycles. The molecule has 1 atom stereocenters. The number of hydrogen-bond acceptors (Lipinski definition) is 2. The Labute approximate surface area is 161 Å². The number of rotatable bonds is 6. The summed E-state index contributed by atoms with van der Waals surface area (Å²) in [4.78, 5) is 12.6. The quantitative estimate of drug-likeness (QED) is 0.520. The van der Waals surface area contributed by atoms with Crippen LogP contribution in [0.25, 0.3) is 0 Å². The zero-order chi connectivity index (χ0) is 18.9. The van der Waals surface area contributed by atoms with Gasteiger partial charge < -0.3 is 5.32 Å². The van der Waals surface area contributed by atoms with Crippen LogP contribution in [0.15, 0.2) is 48.5 Å². The van der Waals surface area contributed by atoms with Gasteiger partial charge >= 0.3 is 0 Å². The Morgan fingerprint density at radius 1 is 1.04 bits per heavy atom. The molecule has 0 radical (unpaired) electrons. The van der Waals surface area contributed by atoms with Gasteiger partial charge in [0, 0.05) is 5.69 Å². The van der Waals surface area contributed by atoms with Crippen molar-refractivity contribution < 1.29 is 4.79 Å². The minimum atomic E-state index is -0.193. The van der Waals surface area contributed by atoms with E-state index in [9.17, 15) is 4.79 Å². The Morgan fingerprint density at radius 3 is 2.42 bits per heavy atom. The monoisotopic (exact) mass is 369 g/mol. The number of amides is 1. The number of carbonyl (C=O) groups excluding carboxylic acids is 1. The van der Waals surface area contributed by atoms with E-state index in [0.717, 1.165) is 36.1 Å². The predicted octanol–water partition coefficient (Wildman–Crippen LogP) is 4.46. The number of aryl methyl sites for hydroxylation is 2. The minimum absolute atomic E-state index is 0.0808. The van der Waals surface area contributed by atoms with E-state index in [0.29, 0.717) is 5.11 Å². The van der Waals surface area contributed by atoms with Gasteiger partial charge in [-0.15, -0.1) is 0 Å². The van der Waals surface area contributed by atoms with Crippen molar-refractivity contribution >= 4 is 28.9 Å². The highest BCUT2D eigenvalue weighted by molar-refractivity contribution is 7.80. The van der Waals surface area contributed by atoms with Crippen molar-refractivity contribution in [2.45, 2.75) is 46.0 Å². The second-order valence-corrected chi connectivity index (χ2v) is 6.69. The normalized spacial score (nSPS) is 11.5. The topological polar surface area (TPSA) is 53.2 Å². The van der Waals surface area contributed by atoms with Crippen molar-refractivity contribution in [1.29, 1.82) is 0 Å². The number of hydrazine groups is 1. The fourth-order valence-corrected chi connectivity index (χ4v) is 3.13. The lowest BCUT2D eigenvalue weighted by Crippen LogP contribution is -2.45. The molecular weight excluding hydrogens is 342 g/mol. The zero-order valence-corrected chi connectivity index (χ0v) is 16.5. The first-order chi connectivity index (χ1) is 12.6. The van der Waals surface area contributed by atoms with E-state index in [1.807, 2.05) is 49.4 Å². The fraction of sp³-hybridized carbons (Fsp3) is 0.333. The van der Waals surface area contributed by atoms with Gasteiger partial charge in [-0.25, -0.2) is 0 Å². The molecule has 2 aromatic carbocycles. The van der Waals surface area contributed by atoms with Gasteiger partial charge in [0.15, 0.2) is 5.11 Å². The van der Waals surface area contributed by atoms with Crippen LogP contribution in [-0.4, -0.2) is 11.0 Å². The van der Waals surface area contributed by atoms with Gasteiger partial charge in [0.2, 0.25) is 5.91 Å². The number of hydrogen-bond donors (Lipinski definition) is 3. The van der Waals surface area contributed by atoms with Gasteiger partial charge in [0.05, 0.1) is 5.92 Å². The van der Waals surface area contributed by atoms with Crippen molar-refractivity contribution in [2.75, 3.05) is 5.32 Å². The molecule has 0 aromatic heterocycles. The van der Waals surface area contributed by atoms with Crippen molar-refractivity contribution in [3.63, 3.8) is 0 Å². The molecule has 0 spiro atoms. The smallest absolute Gasteiger partial charge is 0.245 e. The molecule has 0 aliphatic heterocycles. The van der Waals surface area contributed by atoms with Gasteiger partial charge in [-0.05, 0) is 48.7 Å². The molecule has 2 rings (SSSR count). The zero-order valence-electron chi connectivity index (χ0n) is 15.6. The Bertz CT molecular complexity index is 746. The van der Waals surface area contributed by atoms with E-state index in [1.54, 1.807) is 0 Å². The molecule has 0 unspecified atom stereocenters. The molecule has 0 saturated carbocycles. The number of anilines is 1. The maximum Gasteiger partial charge on any atom is 0.245 e. The number of benzene rings is 2. The predicted molar refractivity (Wildman–Crippen MR) is 112 cm³/mol. The number of para-hydroxylation sites is 1. The van der Waals surface area contributed by atoms with Crippen LogP contribution in [0.1, 0.15) is 49.3 Å². The molecule has 1 amide bonds. The Morgan fingerprint density at radius 2 is 1.77 bits per heavy atom. The molecule has 5 heteroatoms. The lowest BCUT2D eigenvalue weighted by molar-refractivity contribution is -0.123. The molecule has 0 fully saturated rings. The maximum atomic E-state index is 12.6. The van der Waals surface area contributed by atoms with Gasteiger partial charge in [-0.2, -0.15) is 0 Å². The van der Waals surface area contributed by atoms with Crippen LogP contribution < -0.4 is 16.2 Å². The summed E-state index contributed by atoms with van der Waals surface area (Å²) in [6.45, 7) is 6.22. The molecule has 3 N–H and O–H groups in total. The van der Waals surface area contributed by atoms with E-state index in [4.69, 9.17) is 12.2 Å². The number of nitrogens with one attached hydrogen (secondary N) is 3. The molecule has 2 aromatic rings. The Hall–Kier alpha value is -2.40. The third-order valence-electron chi connectivity index (χ3n) is 4.37. The number of thiocarbonyl (C=S) groups is 1. The lowest BCUT2D eigenvalue weighted by atomic mass is 9.94. The summed E-state index contributed by atoms with van der Waals surface area (Å²) in [5.41, 5.74) is 9.91. The molecular formula is C21H27N3OS. The van der Waals surface area contributed by atoms with Crippen LogP contribution in [0.4, 0.5) is 5.69 Å². The minimum Gasteiger partial charge on any atom is -0.331 e. The van der Waals surface area contributed by atoms with Crippen molar-refractivity contribution in [3.05, 3.63) is 65.2 Å². The molecule has 0 aliphatic rings. The van der Waals surface area contributed by atoms with E-state index in [1.165, 1.54) is 5.56 Å². The standard InChI is InChI=1S/C21H27N3OS/c1-4-10-18(17-12-7-6-8-13-17)20(25)23-24-21(26)22-19-15(3)11-9-14-16(19)5-2/h6-9,11-14,18H,4-5,10H2,1-3H3,(H,23,25)(H2,22,24,26)/t18-/m0/s1. The first-order valence-corrected chi connectivity index (χ1v) is 9.47. The summed E-state index contributed by atoms with van der Waals surface area (Å²) in [6, 6.07) is 16.0. The van der Waals surface area contributed by atoms with Crippen molar-refractivity contribution in [2.24, 2.45) is 0 Å². The SMILES string of the molecule is CCC[C@H](C(=O)NNC(=S)Nc1c(C)cccc1CC)c1ccccc1. The summed E-state index contributed by atoms with van der Waals surface area (Å²) >= 11 is 5.35. The number of carbonyl (C=O) groups is 1. The van der Waals surface area contributed by atoms with Gasteiger partial charge in [0.1, 0.15) is 0 Å². The van der Waals surface area contributed by atoms with Crippen LogP contribution in [-0.2, 0) is 11.2 Å². The van der Waals surface area contributed by atoms with E-state index >= 15 is 0 Å². The fourth-order valence-electron chi connectivity index (χ4n) is 2.98. The molecule has 4 nitrogen and oxygen atoms in total. The van der Waals surface area contributed by atoms with Gasteiger partial charge in [-0.3, -0.25) is 15.6 Å². The van der Waals surface area contributed by atoms with Crippen molar-refractivity contribution in [3.8, 4) is 0 Å².